The summed E-state index contributed by atoms with van der Waals surface area (Å²) in [4.78, 5) is 28.7. The van der Waals surface area contributed by atoms with Crippen molar-refractivity contribution in [1.82, 2.24) is 15.6 Å². The second-order valence-electron chi connectivity index (χ2n) is 4.43. The second kappa shape index (κ2) is 6.68. The van der Waals surface area contributed by atoms with E-state index in [9.17, 15) is 9.59 Å². The Bertz CT molecular complexity index is 651. The van der Waals surface area contributed by atoms with Crippen LogP contribution in [-0.2, 0) is 6.54 Å². The Labute approximate surface area is 129 Å². The van der Waals surface area contributed by atoms with Gasteiger partial charge < -0.3 is 15.7 Å². The van der Waals surface area contributed by atoms with Gasteiger partial charge >= 0.3 is 12.0 Å². The van der Waals surface area contributed by atoms with Crippen LogP contribution in [0.3, 0.4) is 0 Å². The van der Waals surface area contributed by atoms with E-state index >= 15 is 0 Å². The Morgan fingerprint density at radius 1 is 1.43 bits per heavy atom. The van der Waals surface area contributed by atoms with Crippen molar-refractivity contribution >= 4 is 34.7 Å². The molecule has 0 aromatic carbocycles. The zero-order valence-corrected chi connectivity index (χ0v) is 13.2. The van der Waals surface area contributed by atoms with Gasteiger partial charge in [-0.1, -0.05) is 0 Å². The third-order valence-corrected chi connectivity index (χ3v) is 4.74. The number of carboxylic acid groups (broad SMARTS) is 1. The molecule has 2 rings (SSSR count). The molecule has 112 valence electrons. The number of carboxylic acids is 1. The molecule has 0 aliphatic heterocycles. The van der Waals surface area contributed by atoms with Crippen molar-refractivity contribution in [1.29, 1.82) is 0 Å². The number of rotatable bonds is 5. The molecule has 2 amide bonds. The van der Waals surface area contributed by atoms with Crippen molar-refractivity contribution in [2.24, 2.45) is 0 Å². The van der Waals surface area contributed by atoms with E-state index in [0.717, 1.165) is 4.88 Å². The van der Waals surface area contributed by atoms with E-state index in [0.29, 0.717) is 5.01 Å². The molecule has 8 heteroatoms. The van der Waals surface area contributed by atoms with Crippen molar-refractivity contribution in [3.05, 3.63) is 38.0 Å². The van der Waals surface area contributed by atoms with Crippen LogP contribution in [0.1, 0.15) is 38.2 Å². The summed E-state index contributed by atoms with van der Waals surface area (Å²) in [5.41, 5.74) is -0.000336. The van der Waals surface area contributed by atoms with E-state index in [4.69, 9.17) is 5.11 Å². The molecule has 2 aromatic heterocycles. The first-order valence-electron chi connectivity index (χ1n) is 6.24. The highest BCUT2D eigenvalue weighted by atomic mass is 32.1. The van der Waals surface area contributed by atoms with Gasteiger partial charge in [0.05, 0.1) is 12.6 Å². The number of thiophene rings is 1. The van der Waals surface area contributed by atoms with Gasteiger partial charge in [-0.3, -0.25) is 0 Å². The summed E-state index contributed by atoms with van der Waals surface area (Å²) in [6.45, 7) is 4.14. The molecule has 6 nitrogen and oxygen atoms in total. The number of aromatic carboxylic acids is 1. The van der Waals surface area contributed by atoms with Gasteiger partial charge in [0.1, 0.15) is 5.01 Å². The molecule has 0 bridgehead atoms. The number of aryl methyl sites for hydroxylation is 1. The van der Waals surface area contributed by atoms with Gasteiger partial charge in [0.2, 0.25) is 0 Å². The van der Waals surface area contributed by atoms with Crippen molar-refractivity contribution in [2.45, 2.75) is 26.4 Å². The number of hydrogen-bond donors (Lipinski definition) is 3. The van der Waals surface area contributed by atoms with Crippen LogP contribution in [0, 0.1) is 6.92 Å². The van der Waals surface area contributed by atoms with Gasteiger partial charge in [-0.2, -0.15) is 0 Å². The number of aromatic nitrogens is 1. The lowest BCUT2D eigenvalue weighted by Crippen LogP contribution is -2.36. The van der Waals surface area contributed by atoms with Crippen molar-refractivity contribution in [3.8, 4) is 0 Å². The van der Waals surface area contributed by atoms with E-state index in [1.165, 1.54) is 21.6 Å². The Kier molecular flexibility index (Phi) is 4.92. The molecule has 1 unspecified atom stereocenters. The lowest BCUT2D eigenvalue weighted by atomic mass is 10.3. The lowest BCUT2D eigenvalue weighted by molar-refractivity contribution is 0.0691. The standard InChI is InChI=1S/C13H15N3O3S2/c1-7-3-4-10(21-7)8(2)15-13(19)14-5-11-16-9(6-20-11)12(17)18/h3-4,6,8H,5H2,1-2H3,(H,17,18)(H2,14,15,19). The molecular formula is C13H15N3O3S2. The van der Waals surface area contributed by atoms with Crippen molar-refractivity contribution in [2.75, 3.05) is 0 Å². The minimum absolute atomic E-state index is 0.000336. The molecule has 0 spiro atoms. The van der Waals surface area contributed by atoms with E-state index in [1.54, 1.807) is 11.3 Å². The fraction of sp³-hybridized carbons (Fsp3) is 0.308. The predicted octanol–water partition coefficient (Wildman–Crippen LogP) is 2.77. The van der Waals surface area contributed by atoms with Crippen LogP contribution in [0.5, 0.6) is 0 Å². The number of carbonyl (C=O) groups is 2. The average Bonchev–Trinajstić information content (AvgIpc) is 3.05. The molecule has 2 heterocycles. The number of thiazole rings is 1. The van der Waals surface area contributed by atoms with Crippen LogP contribution in [-0.4, -0.2) is 22.1 Å². The molecule has 1 atom stereocenters. The summed E-state index contributed by atoms with van der Waals surface area (Å²) < 4.78 is 0. The lowest BCUT2D eigenvalue weighted by Gasteiger charge is -2.12. The van der Waals surface area contributed by atoms with E-state index in [1.807, 2.05) is 26.0 Å². The molecular weight excluding hydrogens is 310 g/mol. The zero-order valence-electron chi connectivity index (χ0n) is 11.5. The van der Waals surface area contributed by atoms with E-state index < -0.39 is 5.97 Å². The second-order valence-corrected chi connectivity index (χ2v) is 6.69. The highest BCUT2D eigenvalue weighted by Gasteiger charge is 2.12. The quantitative estimate of drug-likeness (QED) is 0.788. The summed E-state index contributed by atoms with van der Waals surface area (Å²) >= 11 is 2.85. The number of amides is 2. The molecule has 0 fully saturated rings. The largest absolute Gasteiger partial charge is 0.476 e. The van der Waals surface area contributed by atoms with E-state index in [2.05, 4.69) is 15.6 Å². The molecule has 0 saturated carbocycles. The summed E-state index contributed by atoms with van der Waals surface area (Å²) in [5, 5.41) is 16.3. The highest BCUT2D eigenvalue weighted by Crippen LogP contribution is 2.22. The van der Waals surface area contributed by atoms with Gasteiger partial charge in [-0.25, -0.2) is 14.6 Å². The Hall–Kier alpha value is -1.93. The van der Waals surface area contributed by atoms with Crippen LogP contribution < -0.4 is 10.6 Å². The molecule has 3 N–H and O–H groups in total. The van der Waals surface area contributed by atoms with Crippen LogP contribution in [0.15, 0.2) is 17.5 Å². The smallest absolute Gasteiger partial charge is 0.355 e. The van der Waals surface area contributed by atoms with Crippen LogP contribution in [0.4, 0.5) is 4.79 Å². The number of nitrogens with one attached hydrogen (secondary N) is 2. The van der Waals surface area contributed by atoms with Gasteiger partial charge in [0, 0.05) is 15.1 Å². The van der Waals surface area contributed by atoms with Crippen molar-refractivity contribution < 1.29 is 14.7 Å². The minimum atomic E-state index is -1.07. The van der Waals surface area contributed by atoms with Crippen LogP contribution in [0.2, 0.25) is 0 Å². The van der Waals surface area contributed by atoms with Crippen molar-refractivity contribution in [3.63, 3.8) is 0 Å². The highest BCUT2D eigenvalue weighted by molar-refractivity contribution is 7.12. The summed E-state index contributed by atoms with van der Waals surface area (Å²) in [6.07, 6.45) is 0. The van der Waals surface area contributed by atoms with Gasteiger partial charge in [-0.05, 0) is 26.0 Å². The number of nitrogens with zero attached hydrogens (tertiary/aromatic N) is 1. The van der Waals surface area contributed by atoms with Crippen LogP contribution >= 0.6 is 22.7 Å². The Balaban J connectivity index is 1.82. The Morgan fingerprint density at radius 2 is 2.19 bits per heavy atom. The number of hydrogen-bond acceptors (Lipinski definition) is 5. The Morgan fingerprint density at radius 3 is 2.76 bits per heavy atom. The third-order valence-electron chi connectivity index (χ3n) is 2.71. The molecule has 2 aromatic rings. The van der Waals surface area contributed by atoms with Gasteiger partial charge in [0.25, 0.3) is 0 Å². The molecule has 0 aliphatic carbocycles. The molecule has 0 saturated heterocycles. The summed E-state index contributed by atoms with van der Waals surface area (Å²) in [6, 6.07) is 3.62. The van der Waals surface area contributed by atoms with Gasteiger partial charge in [0.15, 0.2) is 5.69 Å². The first-order valence-corrected chi connectivity index (χ1v) is 7.93. The molecule has 0 radical (unpaired) electrons. The maximum absolute atomic E-state index is 11.8. The summed E-state index contributed by atoms with van der Waals surface area (Å²) in [5.74, 6) is -1.07. The van der Waals surface area contributed by atoms with Gasteiger partial charge in [-0.15, -0.1) is 22.7 Å². The number of carbonyl (C=O) groups excluding carboxylic acids is 1. The minimum Gasteiger partial charge on any atom is -0.476 e. The maximum Gasteiger partial charge on any atom is 0.355 e. The SMILES string of the molecule is Cc1ccc(C(C)NC(=O)NCc2nc(C(=O)O)cs2)s1. The zero-order chi connectivity index (χ0) is 15.4. The topological polar surface area (TPSA) is 91.3 Å². The fourth-order valence-electron chi connectivity index (χ4n) is 1.65. The normalized spacial score (nSPS) is 11.9. The first kappa shape index (κ1) is 15.5. The van der Waals surface area contributed by atoms with Crippen LogP contribution in [0.25, 0.3) is 0 Å². The van der Waals surface area contributed by atoms with E-state index in [-0.39, 0.29) is 24.3 Å². The fourth-order valence-corrected chi connectivity index (χ4v) is 3.24. The summed E-state index contributed by atoms with van der Waals surface area (Å²) in [7, 11) is 0. The molecule has 0 aliphatic rings. The molecule has 21 heavy (non-hydrogen) atoms. The maximum atomic E-state index is 11.8. The number of urea groups is 1. The average molecular weight is 325 g/mol. The first-order chi connectivity index (χ1) is 9.95. The predicted molar refractivity (Wildman–Crippen MR) is 81.9 cm³/mol. The third kappa shape index (κ3) is 4.27. The monoisotopic (exact) mass is 325 g/mol.